The van der Waals surface area contributed by atoms with Gasteiger partial charge in [0.15, 0.2) is 16.8 Å². The number of allylic oxidation sites excluding steroid dienone is 1. The molecule has 0 unspecified atom stereocenters. The molecule has 2 heterocycles. The molecule has 180 valence electrons. The first-order chi connectivity index (χ1) is 17.0. The first-order valence-corrected chi connectivity index (χ1v) is 11.6. The van der Waals surface area contributed by atoms with Crippen LogP contribution in [-0.2, 0) is 0 Å². The van der Waals surface area contributed by atoms with E-state index >= 15 is 0 Å². The van der Waals surface area contributed by atoms with E-state index < -0.39 is 0 Å². The minimum absolute atomic E-state index is 0.174. The molecule has 0 spiro atoms. The van der Waals surface area contributed by atoms with Crippen LogP contribution in [0.5, 0.6) is 5.75 Å². The summed E-state index contributed by atoms with van der Waals surface area (Å²) in [5.41, 5.74) is 1.61. The van der Waals surface area contributed by atoms with Crippen LogP contribution in [0, 0.1) is 6.92 Å². The van der Waals surface area contributed by atoms with Crippen molar-refractivity contribution in [1.29, 1.82) is 0 Å². The maximum Gasteiger partial charge on any atom is 0.255 e. The summed E-state index contributed by atoms with van der Waals surface area (Å²) in [6, 6.07) is 11.7. The molecule has 0 aliphatic heterocycles. The minimum Gasteiger partial charge on any atom is -0.490 e. The van der Waals surface area contributed by atoms with Gasteiger partial charge in [-0.25, -0.2) is 5.10 Å². The lowest BCUT2D eigenvalue weighted by molar-refractivity contribution is 0.102. The number of hydrogen-bond acceptors (Lipinski definition) is 7. The molecular formula is C26H27N5O4. The highest BCUT2D eigenvalue weighted by molar-refractivity contribution is 6.08. The van der Waals surface area contributed by atoms with Crippen LogP contribution in [0.15, 0.2) is 63.8 Å². The molecule has 1 amide bonds. The predicted molar refractivity (Wildman–Crippen MR) is 134 cm³/mol. The lowest BCUT2D eigenvalue weighted by Gasteiger charge is -2.10. The van der Waals surface area contributed by atoms with Gasteiger partial charge >= 0.3 is 0 Å². The molecule has 0 saturated carbocycles. The fourth-order valence-electron chi connectivity index (χ4n) is 3.61. The Morgan fingerprint density at radius 1 is 1.14 bits per heavy atom. The van der Waals surface area contributed by atoms with E-state index in [0.29, 0.717) is 29.0 Å². The summed E-state index contributed by atoms with van der Waals surface area (Å²) >= 11 is 0. The summed E-state index contributed by atoms with van der Waals surface area (Å²) in [6.45, 7) is 4.51. The minimum atomic E-state index is -0.339. The Bertz CT molecular complexity index is 1380. The van der Waals surface area contributed by atoms with Crippen LogP contribution in [0.3, 0.4) is 0 Å². The van der Waals surface area contributed by atoms with Crippen LogP contribution in [0.25, 0.3) is 22.6 Å². The molecule has 0 fully saturated rings. The van der Waals surface area contributed by atoms with Crippen LogP contribution < -0.4 is 15.5 Å². The predicted octanol–water partition coefficient (Wildman–Crippen LogP) is 5.05. The van der Waals surface area contributed by atoms with Crippen LogP contribution in [-0.4, -0.2) is 33.1 Å². The number of anilines is 1. The maximum atomic E-state index is 12.9. The van der Waals surface area contributed by atoms with E-state index in [-0.39, 0.29) is 28.5 Å². The van der Waals surface area contributed by atoms with E-state index in [9.17, 15) is 9.59 Å². The summed E-state index contributed by atoms with van der Waals surface area (Å²) < 4.78 is 11.6. The number of amides is 1. The van der Waals surface area contributed by atoms with Gasteiger partial charge < -0.3 is 14.5 Å². The number of rotatable bonds is 10. The maximum absolute atomic E-state index is 12.9. The van der Waals surface area contributed by atoms with Crippen molar-refractivity contribution < 1.29 is 13.9 Å². The molecule has 4 aromatic rings. The summed E-state index contributed by atoms with van der Waals surface area (Å²) in [4.78, 5) is 25.6. The molecule has 2 N–H and O–H groups in total. The van der Waals surface area contributed by atoms with Gasteiger partial charge in [-0.3, -0.25) is 9.59 Å². The number of aromatic amines is 1. The van der Waals surface area contributed by atoms with Gasteiger partial charge in [-0.15, -0.1) is 5.10 Å². The number of tetrazole rings is 1. The monoisotopic (exact) mass is 473 g/mol. The normalized spacial score (nSPS) is 11.3. The lowest BCUT2D eigenvalue weighted by atomic mass is 10.1. The number of nitrogens with one attached hydrogen (secondary N) is 2. The smallest absolute Gasteiger partial charge is 0.255 e. The molecule has 0 saturated heterocycles. The Morgan fingerprint density at radius 2 is 1.97 bits per heavy atom. The van der Waals surface area contributed by atoms with E-state index in [1.165, 1.54) is 25.3 Å². The molecule has 35 heavy (non-hydrogen) atoms. The zero-order valence-corrected chi connectivity index (χ0v) is 19.7. The average molecular weight is 474 g/mol. The quantitative estimate of drug-likeness (QED) is 0.244. The third-order valence-corrected chi connectivity index (χ3v) is 5.40. The molecule has 9 heteroatoms. The number of aromatic nitrogens is 4. The summed E-state index contributed by atoms with van der Waals surface area (Å²) in [7, 11) is 0. The van der Waals surface area contributed by atoms with Crippen LogP contribution >= 0.6 is 0 Å². The third-order valence-electron chi connectivity index (χ3n) is 5.40. The molecular weight excluding hydrogens is 446 g/mol. The van der Waals surface area contributed by atoms with E-state index in [4.69, 9.17) is 9.15 Å². The number of fused-ring (bicyclic) bond motifs is 1. The number of nitrogens with zero attached hydrogens (tertiary/aromatic N) is 3. The van der Waals surface area contributed by atoms with Crippen molar-refractivity contribution in [1.82, 2.24) is 20.6 Å². The number of carbonyl (C=O) groups excluding carboxylic acids is 1. The molecule has 4 rings (SSSR count). The zero-order chi connectivity index (χ0) is 24.6. The van der Waals surface area contributed by atoms with Crippen molar-refractivity contribution in [3.8, 4) is 17.3 Å². The van der Waals surface area contributed by atoms with Crippen molar-refractivity contribution in [2.45, 2.75) is 39.5 Å². The van der Waals surface area contributed by atoms with Gasteiger partial charge in [-0.1, -0.05) is 31.9 Å². The van der Waals surface area contributed by atoms with Gasteiger partial charge in [-0.05, 0) is 72.2 Å². The number of hydrogen-bond donors (Lipinski definition) is 2. The van der Waals surface area contributed by atoms with E-state index in [1.54, 1.807) is 36.4 Å². The van der Waals surface area contributed by atoms with E-state index in [1.807, 2.05) is 13.0 Å². The van der Waals surface area contributed by atoms with Crippen LogP contribution in [0.4, 0.5) is 5.69 Å². The number of aryl methyl sites for hydroxylation is 1. The van der Waals surface area contributed by atoms with Crippen LogP contribution in [0.2, 0.25) is 0 Å². The highest BCUT2D eigenvalue weighted by Crippen LogP contribution is 2.27. The van der Waals surface area contributed by atoms with E-state index in [2.05, 4.69) is 38.9 Å². The highest BCUT2D eigenvalue weighted by atomic mass is 16.5. The van der Waals surface area contributed by atoms with Crippen LogP contribution in [0.1, 0.15) is 48.5 Å². The number of H-pyrrole nitrogens is 1. The van der Waals surface area contributed by atoms with Crippen molar-refractivity contribution >= 4 is 22.6 Å². The summed E-state index contributed by atoms with van der Waals surface area (Å²) in [5.74, 6) is 0.728. The Balaban J connectivity index is 1.48. The fraction of sp³-hybridized carbons (Fsp3) is 0.269. The number of benzene rings is 2. The molecule has 0 aliphatic rings. The zero-order valence-electron chi connectivity index (χ0n) is 19.7. The van der Waals surface area contributed by atoms with Crippen molar-refractivity contribution in [3.63, 3.8) is 0 Å². The molecule has 2 aromatic heterocycles. The van der Waals surface area contributed by atoms with Gasteiger partial charge in [-0.2, -0.15) is 0 Å². The third kappa shape index (κ3) is 6.00. The summed E-state index contributed by atoms with van der Waals surface area (Å²) in [5, 5.41) is 16.6. The second-order valence-corrected chi connectivity index (χ2v) is 8.17. The summed E-state index contributed by atoms with van der Waals surface area (Å²) in [6.07, 6.45) is 8.83. The molecule has 9 nitrogen and oxygen atoms in total. The van der Waals surface area contributed by atoms with Gasteiger partial charge in [0.1, 0.15) is 12.4 Å². The highest BCUT2D eigenvalue weighted by Gasteiger charge is 2.16. The Hall–Kier alpha value is -4.27. The Morgan fingerprint density at radius 3 is 2.71 bits per heavy atom. The molecule has 0 aliphatic carbocycles. The number of ether oxygens (including phenoxy) is 1. The van der Waals surface area contributed by atoms with Crippen molar-refractivity contribution in [2.24, 2.45) is 0 Å². The standard InChI is InChI=1S/C26H27N5O4/c1-3-4-5-6-7-8-13-34-19-11-9-18(10-12-19)26(33)27-21-15-17(2)14-20-22(32)16-23(35-24(20)21)25-28-30-31-29-25/h7-12,14-16H,3-6,13H2,1-2H3,(H,27,33)(H,28,29,30,31)/b8-7+. The second-order valence-electron chi connectivity index (χ2n) is 8.17. The average Bonchev–Trinajstić information content (AvgIpc) is 3.39. The first kappa shape index (κ1) is 23.9. The SMILES string of the molecule is CCCCC/C=C/COc1ccc(C(=O)Nc2cc(C)cc3c(=O)cc(-c4nnn[nH]4)oc23)cc1. The molecule has 2 aromatic carbocycles. The van der Waals surface area contributed by atoms with E-state index in [0.717, 1.165) is 12.0 Å². The van der Waals surface area contributed by atoms with Crippen molar-refractivity contribution in [3.05, 3.63) is 76.0 Å². The second kappa shape index (κ2) is 11.2. The van der Waals surface area contributed by atoms with Gasteiger partial charge in [0.2, 0.25) is 5.82 Å². The van der Waals surface area contributed by atoms with Crippen molar-refractivity contribution in [2.75, 3.05) is 11.9 Å². The van der Waals surface area contributed by atoms with Gasteiger partial charge in [0.25, 0.3) is 5.91 Å². The molecule has 0 atom stereocenters. The van der Waals surface area contributed by atoms with Gasteiger partial charge in [0, 0.05) is 11.6 Å². The van der Waals surface area contributed by atoms with Gasteiger partial charge in [0.05, 0.1) is 11.1 Å². The fourth-order valence-corrected chi connectivity index (χ4v) is 3.61. The number of carbonyl (C=O) groups is 1. The first-order valence-electron chi connectivity index (χ1n) is 11.6. The Labute approximate surface area is 202 Å². The Kier molecular flexibility index (Phi) is 7.67. The largest absolute Gasteiger partial charge is 0.490 e. The molecule has 0 radical (unpaired) electrons. The molecule has 0 bridgehead atoms. The number of unbranched alkanes of at least 4 members (excludes halogenated alkanes) is 3. The lowest BCUT2D eigenvalue weighted by Crippen LogP contribution is -2.13. The topological polar surface area (TPSA) is 123 Å².